The standard InChI is InChI=1S/C9H8BrN3O/c1-2-6-3-12-8-4-11-7(10)5-13(8)9(6)14/h3-5H,2H2,1H3. The highest BCUT2D eigenvalue weighted by molar-refractivity contribution is 9.10. The molecule has 72 valence electrons. The lowest BCUT2D eigenvalue weighted by Gasteiger charge is -2.01. The van der Waals surface area contributed by atoms with Gasteiger partial charge in [0.1, 0.15) is 4.60 Å². The smallest absolute Gasteiger partial charge is 0.261 e. The molecule has 0 aliphatic carbocycles. The van der Waals surface area contributed by atoms with Crippen molar-refractivity contribution >= 4 is 21.6 Å². The number of aryl methyl sites for hydroxylation is 1. The van der Waals surface area contributed by atoms with E-state index >= 15 is 0 Å². The van der Waals surface area contributed by atoms with E-state index in [9.17, 15) is 4.79 Å². The van der Waals surface area contributed by atoms with Gasteiger partial charge in [-0.3, -0.25) is 9.20 Å². The van der Waals surface area contributed by atoms with Crippen LogP contribution < -0.4 is 5.56 Å². The second-order valence-corrected chi connectivity index (χ2v) is 3.69. The number of hydrogen-bond acceptors (Lipinski definition) is 3. The molecule has 0 aliphatic heterocycles. The minimum Gasteiger partial charge on any atom is -0.269 e. The van der Waals surface area contributed by atoms with E-state index in [1.165, 1.54) is 4.40 Å². The summed E-state index contributed by atoms with van der Waals surface area (Å²) in [5.74, 6) is 0. The monoisotopic (exact) mass is 253 g/mol. The van der Waals surface area contributed by atoms with Crippen molar-refractivity contribution in [1.82, 2.24) is 14.4 Å². The number of rotatable bonds is 1. The van der Waals surface area contributed by atoms with Gasteiger partial charge in [0.05, 0.1) is 6.20 Å². The van der Waals surface area contributed by atoms with Crippen molar-refractivity contribution < 1.29 is 0 Å². The average Bonchev–Trinajstić information content (AvgIpc) is 2.20. The van der Waals surface area contributed by atoms with Crippen LogP contribution in [0.4, 0.5) is 0 Å². The summed E-state index contributed by atoms with van der Waals surface area (Å²) in [5.41, 5.74) is 1.25. The summed E-state index contributed by atoms with van der Waals surface area (Å²) < 4.78 is 2.12. The third-order valence-electron chi connectivity index (χ3n) is 2.01. The Labute approximate surface area is 88.8 Å². The van der Waals surface area contributed by atoms with Crippen LogP contribution in [0.3, 0.4) is 0 Å². The van der Waals surface area contributed by atoms with E-state index in [0.29, 0.717) is 22.2 Å². The minimum atomic E-state index is -0.0272. The van der Waals surface area contributed by atoms with E-state index in [1.807, 2.05) is 6.92 Å². The van der Waals surface area contributed by atoms with Crippen molar-refractivity contribution in [2.45, 2.75) is 13.3 Å². The Bertz CT molecular complexity index is 535. The summed E-state index contributed by atoms with van der Waals surface area (Å²) in [6.07, 6.45) is 5.48. The van der Waals surface area contributed by atoms with Crippen molar-refractivity contribution in [3.8, 4) is 0 Å². The molecule has 2 rings (SSSR count). The van der Waals surface area contributed by atoms with Crippen LogP contribution in [-0.4, -0.2) is 14.4 Å². The molecule has 0 unspecified atom stereocenters. The van der Waals surface area contributed by atoms with Crippen molar-refractivity contribution in [3.63, 3.8) is 0 Å². The maximum absolute atomic E-state index is 11.8. The summed E-state index contributed by atoms with van der Waals surface area (Å²) >= 11 is 3.21. The molecule has 0 aliphatic rings. The Morgan fingerprint density at radius 3 is 2.93 bits per heavy atom. The molecule has 0 radical (unpaired) electrons. The molecule has 5 heteroatoms. The third kappa shape index (κ3) is 1.43. The fraction of sp³-hybridized carbons (Fsp3) is 0.222. The maximum atomic E-state index is 11.8. The van der Waals surface area contributed by atoms with Gasteiger partial charge >= 0.3 is 0 Å². The Hall–Kier alpha value is -1.23. The van der Waals surface area contributed by atoms with Gasteiger partial charge in [-0.2, -0.15) is 0 Å². The van der Waals surface area contributed by atoms with Crippen LogP contribution in [0.2, 0.25) is 0 Å². The predicted octanol–water partition coefficient (Wildman–Crippen LogP) is 1.41. The van der Waals surface area contributed by atoms with Gasteiger partial charge in [-0.1, -0.05) is 6.92 Å². The number of hydrogen-bond donors (Lipinski definition) is 0. The Morgan fingerprint density at radius 1 is 1.43 bits per heavy atom. The summed E-state index contributed by atoms with van der Waals surface area (Å²) in [6.45, 7) is 1.93. The number of fused-ring (bicyclic) bond motifs is 1. The van der Waals surface area contributed by atoms with Crippen LogP contribution in [0.25, 0.3) is 5.65 Å². The zero-order chi connectivity index (χ0) is 10.1. The van der Waals surface area contributed by atoms with Crippen molar-refractivity contribution in [2.75, 3.05) is 0 Å². The highest BCUT2D eigenvalue weighted by Crippen LogP contribution is 2.04. The number of nitrogens with zero attached hydrogens (tertiary/aromatic N) is 3. The molecule has 0 saturated heterocycles. The Morgan fingerprint density at radius 2 is 2.21 bits per heavy atom. The molecule has 0 aromatic carbocycles. The van der Waals surface area contributed by atoms with E-state index < -0.39 is 0 Å². The first-order valence-electron chi connectivity index (χ1n) is 4.24. The van der Waals surface area contributed by atoms with Crippen LogP contribution in [0, 0.1) is 0 Å². The molecule has 2 aromatic heterocycles. The molecule has 0 amide bonds. The fourth-order valence-corrected chi connectivity index (χ4v) is 1.55. The second-order valence-electron chi connectivity index (χ2n) is 2.88. The summed E-state index contributed by atoms with van der Waals surface area (Å²) in [4.78, 5) is 19.9. The van der Waals surface area contributed by atoms with Gasteiger partial charge in [-0.15, -0.1) is 0 Å². The topological polar surface area (TPSA) is 47.3 Å². The molecule has 0 saturated carbocycles. The maximum Gasteiger partial charge on any atom is 0.261 e. The van der Waals surface area contributed by atoms with Gasteiger partial charge in [-0.25, -0.2) is 9.97 Å². The lowest BCUT2D eigenvalue weighted by atomic mass is 10.3. The number of halogens is 1. The minimum absolute atomic E-state index is 0.0272. The normalized spacial score (nSPS) is 10.7. The van der Waals surface area contributed by atoms with Crippen molar-refractivity contribution in [2.24, 2.45) is 0 Å². The van der Waals surface area contributed by atoms with Gasteiger partial charge < -0.3 is 0 Å². The van der Waals surface area contributed by atoms with E-state index in [-0.39, 0.29) is 5.56 Å². The molecule has 0 spiro atoms. The molecule has 0 N–H and O–H groups in total. The van der Waals surface area contributed by atoms with Crippen LogP contribution in [0.1, 0.15) is 12.5 Å². The number of aromatic nitrogens is 3. The first-order valence-corrected chi connectivity index (χ1v) is 5.03. The van der Waals surface area contributed by atoms with Gasteiger partial charge in [0.15, 0.2) is 5.65 Å². The van der Waals surface area contributed by atoms with Gasteiger partial charge in [0.2, 0.25) is 0 Å². The lowest BCUT2D eigenvalue weighted by Crippen LogP contribution is -2.18. The SMILES string of the molecule is CCc1cnc2cnc(Br)cn2c1=O. The van der Waals surface area contributed by atoms with Crippen LogP contribution in [-0.2, 0) is 6.42 Å². The third-order valence-corrected chi connectivity index (χ3v) is 2.42. The first kappa shape index (κ1) is 9.33. The van der Waals surface area contributed by atoms with Gasteiger partial charge in [0.25, 0.3) is 5.56 Å². The molecular formula is C9H8BrN3O. The zero-order valence-corrected chi connectivity index (χ0v) is 9.15. The van der Waals surface area contributed by atoms with Crippen LogP contribution >= 0.6 is 15.9 Å². The van der Waals surface area contributed by atoms with Gasteiger partial charge in [0, 0.05) is 18.0 Å². The molecule has 14 heavy (non-hydrogen) atoms. The molecular weight excluding hydrogens is 246 g/mol. The van der Waals surface area contributed by atoms with E-state index in [4.69, 9.17) is 0 Å². The highest BCUT2D eigenvalue weighted by atomic mass is 79.9. The quantitative estimate of drug-likeness (QED) is 0.773. The average molecular weight is 254 g/mol. The lowest BCUT2D eigenvalue weighted by molar-refractivity contribution is 0.946. The van der Waals surface area contributed by atoms with Crippen molar-refractivity contribution in [1.29, 1.82) is 0 Å². The molecule has 0 bridgehead atoms. The second kappa shape index (κ2) is 3.49. The van der Waals surface area contributed by atoms with Crippen LogP contribution in [0.5, 0.6) is 0 Å². The summed E-state index contributed by atoms with van der Waals surface area (Å²) in [5, 5.41) is 0. The molecule has 0 fully saturated rings. The fourth-order valence-electron chi connectivity index (χ4n) is 1.24. The predicted molar refractivity (Wildman–Crippen MR) is 56.3 cm³/mol. The first-order chi connectivity index (χ1) is 6.72. The molecule has 0 atom stereocenters. The molecule has 2 aromatic rings. The van der Waals surface area contributed by atoms with E-state index in [0.717, 1.165) is 0 Å². The highest BCUT2D eigenvalue weighted by Gasteiger charge is 2.03. The zero-order valence-electron chi connectivity index (χ0n) is 7.57. The van der Waals surface area contributed by atoms with Crippen LogP contribution in [0.15, 0.2) is 28.0 Å². The summed E-state index contributed by atoms with van der Waals surface area (Å²) in [6, 6.07) is 0. The molecule has 4 nitrogen and oxygen atoms in total. The van der Waals surface area contributed by atoms with E-state index in [2.05, 4.69) is 25.9 Å². The van der Waals surface area contributed by atoms with Gasteiger partial charge in [-0.05, 0) is 22.4 Å². The van der Waals surface area contributed by atoms with Crippen molar-refractivity contribution in [3.05, 3.63) is 39.1 Å². The summed E-state index contributed by atoms with van der Waals surface area (Å²) in [7, 11) is 0. The molecule has 2 heterocycles. The Kier molecular flexibility index (Phi) is 2.33. The largest absolute Gasteiger partial charge is 0.269 e. The van der Waals surface area contributed by atoms with E-state index in [1.54, 1.807) is 18.6 Å². The Balaban J connectivity index is 2.87.